The van der Waals surface area contributed by atoms with Crippen molar-refractivity contribution in [1.29, 1.82) is 0 Å². The van der Waals surface area contributed by atoms with Crippen LogP contribution in [0.15, 0.2) is 42.5 Å². The molecule has 0 fully saturated rings. The molecule has 0 heterocycles. The maximum Gasteiger partial charge on any atom is 0.573 e. The smallest absolute Gasteiger partial charge is 0.481 e. The maximum absolute atomic E-state index is 13.2. The fourth-order valence-electron chi connectivity index (χ4n) is 1.99. The number of hydrogen-bond acceptors (Lipinski definition) is 2. The molecule has 0 aromatic heterocycles. The van der Waals surface area contributed by atoms with E-state index in [9.17, 15) is 22.4 Å². The second-order valence-electron chi connectivity index (χ2n) is 4.44. The molecule has 116 valence electrons. The Kier molecular flexibility index (Phi) is 4.35. The largest absolute Gasteiger partial charge is 0.573 e. The quantitative estimate of drug-likeness (QED) is 0.867. The van der Waals surface area contributed by atoms with E-state index in [1.807, 2.05) is 0 Å². The van der Waals surface area contributed by atoms with Crippen LogP contribution in [0.5, 0.6) is 5.75 Å². The van der Waals surface area contributed by atoms with Gasteiger partial charge in [0.1, 0.15) is 11.6 Å². The molecule has 1 N–H and O–H groups in total. The van der Waals surface area contributed by atoms with Gasteiger partial charge < -0.3 is 9.84 Å². The van der Waals surface area contributed by atoms with E-state index in [0.717, 1.165) is 24.3 Å². The Balaban J connectivity index is 2.33. The topological polar surface area (TPSA) is 46.5 Å². The van der Waals surface area contributed by atoms with Crippen LogP contribution in [-0.2, 0) is 11.2 Å². The van der Waals surface area contributed by atoms with E-state index in [-0.39, 0.29) is 5.56 Å². The van der Waals surface area contributed by atoms with E-state index < -0.39 is 30.3 Å². The first kappa shape index (κ1) is 15.8. The predicted octanol–water partition coefficient (Wildman–Crippen LogP) is 4.02. The Labute approximate surface area is 122 Å². The number of ether oxygens (including phenoxy) is 1. The van der Waals surface area contributed by atoms with Crippen LogP contribution in [0.4, 0.5) is 17.6 Å². The van der Waals surface area contributed by atoms with Crippen LogP contribution in [0.25, 0.3) is 11.1 Å². The lowest BCUT2D eigenvalue weighted by atomic mass is 9.97. The SMILES string of the molecule is O=C(O)Cc1cc(F)ccc1-c1ccc(OC(F)(F)F)cc1. The number of aliphatic carboxylic acids is 1. The van der Waals surface area contributed by atoms with Gasteiger partial charge in [0.15, 0.2) is 0 Å². The van der Waals surface area contributed by atoms with E-state index in [0.29, 0.717) is 11.1 Å². The summed E-state index contributed by atoms with van der Waals surface area (Å²) in [5.74, 6) is -2.11. The van der Waals surface area contributed by atoms with Gasteiger partial charge in [0.2, 0.25) is 0 Å². The highest BCUT2D eigenvalue weighted by Gasteiger charge is 2.31. The average molecular weight is 314 g/mol. The van der Waals surface area contributed by atoms with Gasteiger partial charge in [-0.2, -0.15) is 0 Å². The third-order valence-corrected chi connectivity index (χ3v) is 2.81. The number of hydrogen-bond donors (Lipinski definition) is 1. The highest BCUT2D eigenvalue weighted by atomic mass is 19.4. The maximum atomic E-state index is 13.2. The summed E-state index contributed by atoms with van der Waals surface area (Å²) in [6.45, 7) is 0. The monoisotopic (exact) mass is 314 g/mol. The third kappa shape index (κ3) is 4.21. The highest BCUT2D eigenvalue weighted by molar-refractivity contribution is 5.76. The predicted molar refractivity (Wildman–Crippen MR) is 69.9 cm³/mol. The van der Waals surface area contributed by atoms with Crippen molar-refractivity contribution in [3.8, 4) is 16.9 Å². The Bertz CT molecular complexity index is 678. The first-order valence-corrected chi connectivity index (χ1v) is 6.11. The van der Waals surface area contributed by atoms with Gasteiger partial charge in [-0.05, 0) is 41.0 Å². The van der Waals surface area contributed by atoms with Crippen molar-refractivity contribution in [3.05, 3.63) is 53.8 Å². The molecule has 0 spiro atoms. The average Bonchev–Trinajstić information content (AvgIpc) is 2.37. The normalized spacial score (nSPS) is 11.3. The highest BCUT2D eigenvalue weighted by Crippen LogP contribution is 2.29. The molecule has 0 aliphatic rings. The second-order valence-corrected chi connectivity index (χ2v) is 4.44. The van der Waals surface area contributed by atoms with Crippen LogP contribution in [-0.4, -0.2) is 17.4 Å². The zero-order valence-electron chi connectivity index (χ0n) is 11.0. The van der Waals surface area contributed by atoms with Crippen molar-refractivity contribution in [2.75, 3.05) is 0 Å². The minimum atomic E-state index is -4.79. The van der Waals surface area contributed by atoms with Gasteiger partial charge in [-0.3, -0.25) is 4.79 Å². The summed E-state index contributed by atoms with van der Waals surface area (Å²) in [5, 5.41) is 8.83. The molecule has 22 heavy (non-hydrogen) atoms. The van der Waals surface area contributed by atoms with Gasteiger partial charge in [0.05, 0.1) is 6.42 Å². The van der Waals surface area contributed by atoms with Crippen LogP contribution in [0.1, 0.15) is 5.56 Å². The fourth-order valence-corrected chi connectivity index (χ4v) is 1.99. The van der Waals surface area contributed by atoms with Crippen molar-refractivity contribution in [3.63, 3.8) is 0 Å². The Morgan fingerprint density at radius 2 is 1.73 bits per heavy atom. The molecule has 3 nitrogen and oxygen atoms in total. The number of carboxylic acids is 1. The number of rotatable bonds is 4. The molecule has 0 bridgehead atoms. The molecular formula is C15H10F4O3. The molecule has 7 heteroatoms. The molecule has 0 saturated carbocycles. The Morgan fingerprint density at radius 3 is 2.27 bits per heavy atom. The zero-order valence-corrected chi connectivity index (χ0v) is 11.0. The summed E-state index contributed by atoms with van der Waals surface area (Å²) in [6, 6.07) is 8.53. The summed E-state index contributed by atoms with van der Waals surface area (Å²) in [5.41, 5.74) is 1.13. The molecule has 2 rings (SSSR count). The number of carbonyl (C=O) groups is 1. The van der Waals surface area contributed by atoms with Gasteiger partial charge in [-0.15, -0.1) is 13.2 Å². The Hall–Kier alpha value is -2.57. The van der Waals surface area contributed by atoms with Gasteiger partial charge in [0.25, 0.3) is 0 Å². The van der Waals surface area contributed by atoms with Crippen LogP contribution in [0, 0.1) is 5.82 Å². The second kappa shape index (κ2) is 6.05. The van der Waals surface area contributed by atoms with Crippen molar-refractivity contribution in [2.24, 2.45) is 0 Å². The summed E-state index contributed by atoms with van der Waals surface area (Å²) in [6.07, 6.45) is -5.18. The first-order chi connectivity index (χ1) is 10.2. The molecule has 0 aliphatic carbocycles. The number of benzene rings is 2. The Morgan fingerprint density at radius 1 is 1.09 bits per heavy atom. The molecule has 0 aliphatic heterocycles. The van der Waals surface area contributed by atoms with Gasteiger partial charge in [0, 0.05) is 0 Å². The first-order valence-electron chi connectivity index (χ1n) is 6.11. The third-order valence-electron chi connectivity index (χ3n) is 2.81. The number of halogens is 4. The zero-order chi connectivity index (χ0) is 16.3. The standard InChI is InChI=1S/C15H10F4O3/c16-11-3-6-13(10(7-11)8-14(20)21)9-1-4-12(5-2-9)22-15(17,18)19/h1-7H,8H2,(H,20,21). The minimum Gasteiger partial charge on any atom is -0.481 e. The molecule has 0 saturated heterocycles. The van der Waals surface area contributed by atoms with E-state index >= 15 is 0 Å². The minimum absolute atomic E-state index is 0.233. The summed E-state index contributed by atoms with van der Waals surface area (Å²) < 4.78 is 53.2. The number of carboxylic acid groups (broad SMARTS) is 1. The van der Waals surface area contributed by atoms with Crippen molar-refractivity contribution < 1.29 is 32.2 Å². The lowest BCUT2D eigenvalue weighted by Gasteiger charge is -2.11. The van der Waals surface area contributed by atoms with Crippen molar-refractivity contribution in [2.45, 2.75) is 12.8 Å². The number of alkyl halides is 3. The van der Waals surface area contributed by atoms with E-state index in [4.69, 9.17) is 5.11 Å². The van der Waals surface area contributed by atoms with Crippen LogP contribution in [0.3, 0.4) is 0 Å². The fraction of sp³-hybridized carbons (Fsp3) is 0.133. The van der Waals surface area contributed by atoms with Gasteiger partial charge >= 0.3 is 12.3 Å². The van der Waals surface area contributed by atoms with Crippen LogP contribution >= 0.6 is 0 Å². The van der Waals surface area contributed by atoms with Gasteiger partial charge in [-0.25, -0.2) is 4.39 Å². The van der Waals surface area contributed by atoms with E-state index in [2.05, 4.69) is 4.74 Å². The van der Waals surface area contributed by atoms with Crippen molar-refractivity contribution >= 4 is 5.97 Å². The molecule has 0 radical (unpaired) electrons. The molecule has 2 aromatic rings. The van der Waals surface area contributed by atoms with Crippen LogP contribution in [0.2, 0.25) is 0 Å². The molecule has 0 atom stereocenters. The van der Waals surface area contributed by atoms with Crippen LogP contribution < -0.4 is 4.74 Å². The lowest BCUT2D eigenvalue weighted by molar-refractivity contribution is -0.274. The van der Waals surface area contributed by atoms with E-state index in [1.54, 1.807) is 0 Å². The summed E-state index contributed by atoms with van der Waals surface area (Å²) in [7, 11) is 0. The van der Waals surface area contributed by atoms with Gasteiger partial charge in [-0.1, -0.05) is 18.2 Å². The summed E-state index contributed by atoms with van der Waals surface area (Å²) in [4.78, 5) is 10.8. The lowest BCUT2D eigenvalue weighted by Crippen LogP contribution is -2.16. The summed E-state index contributed by atoms with van der Waals surface area (Å²) >= 11 is 0. The van der Waals surface area contributed by atoms with E-state index in [1.165, 1.54) is 18.2 Å². The molecule has 0 amide bonds. The molecule has 2 aromatic carbocycles. The molecular weight excluding hydrogens is 304 g/mol. The van der Waals surface area contributed by atoms with Crippen molar-refractivity contribution in [1.82, 2.24) is 0 Å². The molecule has 0 unspecified atom stereocenters.